The zero-order chi connectivity index (χ0) is 21.5. The van der Waals surface area contributed by atoms with Crippen LogP contribution in [0.1, 0.15) is 22.3 Å². The number of carbonyl (C=O) groups excluding carboxylic acids is 1. The second-order valence-electron chi connectivity index (χ2n) is 6.84. The summed E-state index contributed by atoms with van der Waals surface area (Å²) in [6, 6.07) is 21.7. The number of hydrogen-bond acceptors (Lipinski definition) is 4. The van der Waals surface area contributed by atoms with Crippen LogP contribution < -0.4 is 4.74 Å². The van der Waals surface area contributed by atoms with Crippen molar-refractivity contribution in [3.8, 4) is 5.75 Å². The van der Waals surface area contributed by atoms with Gasteiger partial charge in [-0.05, 0) is 42.7 Å². The lowest BCUT2D eigenvalue weighted by atomic mass is 9.96. The second-order valence-corrected chi connectivity index (χ2v) is 6.84. The predicted molar refractivity (Wildman–Crippen MR) is 117 cm³/mol. The average molecular weight is 399 g/mol. The molecule has 3 aromatic rings. The van der Waals surface area contributed by atoms with Gasteiger partial charge in [-0.2, -0.15) is 0 Å². The highest BCUT2D eigenvalue weighted by Crippen LogP contribution is 2.24. The Hall–Kier alpha value is -3.99. The van der Waals surface area contributed by atoms with Gasteiger partial charge in [0, 0.05) is 18.2 Å². The summed E-state index contributed by atoms with van der Waals surface area (Å²) < 4.78 is 5.20. The molecule has 150 valence electrons. The molecule has 3 aromatic carbocycles. The van der Waals surface area contributed by atoms with Crippen LogP contribution in [0.25, 0.3) is 5.57 Å². The Labute approximate surface area is 175 Å². The van der Waals surface area contributed by atoms with E-state index in [0.717, 1.165) is 16.7 Å². The third-order valence-electron chi connectivity index (χ3n) is 4.49. The molecule has 0 saturated heterocycles. The molecular weight excluding hydrogens is 378 g/mol. The van der Waals surface area contributed by atoms with Crippen molar-refractivity contribution in [1.82, 2.24) is 0 Å². The van der Waals surface area contributed by atoms with Crippen LogP contribution in [-0.4, -0.2) is 10.9 Å². The van der Waals surface area contributed by atoms with Gasteiger partial charge in [0.2, 0.25) is 0 Å². The van der Waals surface area contributed by atoms with Gasteiger partial charge < -0.3 is 4.74 Å². The molecule has 0 aliphatic carbocycles. The number of allylic oxidation sites excluding steroid dienone is 2. The number of rotatable bonds is 6. The Morgan fingerprint density at radius 1 is 0.833 bits per heavy atom. The van der Waals surface area contributed by atoms with Crippen molar-refractivity contribution in [3.63, 3.8) is 0 Å². The molecule has 0 spiro atoms. The minimum atomic E-state index is -0.563. The maximum atomic E-state index is 12.1. The monoisotopic (exact) mass is 399 g/mol. The molecule has 0 bridgehead atoms. The topological polar surface area (TPSA) is 69.4 Å². The van der Waals surface area contributed by atoms with E-state index in [1.807, 2.05) is 68.5 Å². The largest absolute Gasteiger partial charge is 0.423 e. The molecule has 5 nitrogen and oxygen atoms in total. The molecule has 5 heteroatoms. The van der Waals surface area contributed by atoms with Crippen LogP contribution in [0.2, 0.25) is 0 Å². The average Bonchev–Trinajstić information content (AvgIpc) is 2.73. The zero-order valence-corrected chi connectivity index (χ0v) is 16.7. The van der Waals surface area contributed by atoms with Crippen molar-refractivity contribution in [2.75, 3.05) is 0 Å². The Morgan fingerprint density at radius 3 is 1.80 bits per heavy atom. The third kappa shape index (κ3) is 5.52. The number of ether oxygens (including phenoxy) is 1. The van der Waals surface area contributed by atoms with Crippen molar-refractivity contribution >= 4 is 17.2 Å². The number of nitro benzene ring substituents is 1. The molecule has 0 unspecified atom stereocenters. The van der Waals surface area contributed by atoms with Crippen molar-refractivity contribution in [2.24, 2.45) is 0 Å². The fraction of sp³-hybridized carbons (Fsp3) is 0.0800. The summed E-state index contributed by atoms with van der Waals surface area (Å²) in [5.41, 5.74) is 5.34. The second kappa shape index (κ2) is 9.47. The molecule has 0 aliphatic heterocycles. The Balaban J connectivity index is 1.79. The summed E-state index contributed by atoms with van der Waals surface area (Å²) in [6.45, 7) is 4.07. The number of nitro groups is 1. The first kappa shape index (κ1) is 20.7. The SMILES string of the molecule is Cc1ccc(C(=C/C=C/C(=O)Oc2ccc([N+](=O)[O-])cc2)c2ccc(C)cc2)cc1. The van der Waals surface area contributed by atoms with Crippen LogP contribution in [0.4, 0.5) is 5.69 Å². The quantitative estimate of drug-likeness (QED) is 0.131. The molecule has 0 atom stereocenters. The van der Waals surface area contributed by atoms with Crippen LogP contribution >= 0.6 is 0 Å². The molecule has 0 amide bonds. The molecule has 0 radical (unpaired) electrons. The van der Waals surface area contributed by atoms with Crippen LogP contribution in [0.15, 0.2) is 91.0 Å². The molecule has 3 rings (SSSR count). The first-order valence-corrected chi connectivity index (χ1v) is 9.41. The number of carbonyl (C=O) groups is 1. The molecule has 0 heterocycles. The summed E-state index contributed by atoms with van der Waals surface area (Å²) in [6.07, 6.45) is 4.83. The van der Waals surface area contributed by atoms with Gasteiger partial charge in [0.15, 0.2) is 0 Å². The van der Waals surface area contributed by atoms with Crippen molar-refractivity contribution in [3.05, 3.63) is 123 Å². The van der Waals surface area contributed by atoms with E-state index in [1.165, 1.54) is 41.5 Å². The molecule has 0 saturated carbocycles. The number of non-ortho nitro benzene ring substituents is 1. The Morgan fingerprint density at radius 2 is 1.33 bits per heavy atom. The van der Waals surface area contributed by atoms with E-state index < -0.39 is 10.9 Å². The number of esters is 1. The minimum absolute atomic E-state index is 0.0610. The highest BCUT2D eigenvalue weighted by atomic mass is 16.6. The number of nitrogens with zero attached hydrogens (tertiary/aromatic N) is 1. The Kier molecular flexibility index (Phi) is 6.55. The van der Waals surface area contributed by atoms with E-state index in [1.54, 1.807) is 6.08 Å². The fourth-order valence-electron chi connectivity index (χ4n) is 2.83. The molecule has 0 aliphatic rings. The number of aryl methyl sites for hydroxylation is 2. The van der Waals surface area contributed by atoms with E-state index >= 15 is 0 Å². The summed E-state index contributed by atoms with van der Waals surface area (Å²) >= 11 is 0. The molecular formula is C25H21NO4. The fourth-order valence-corrected chi connectivity index (χ4v) is 2.83. The minimum Gasteiger partial charge on any atom is -0.423 e. The van der Waals surface area contributed by atoms with Crippen LogP contribution in [0, 0.1) is 24.0 Å². The molecule has 0 aromatic heterocycles. The smallest absolute Gasteiger partial charge is 0.336 e. The van der Waals surface area contributed by atoms with Crippen molar-refractivity contribution in [1.29, 1.82) is 0 Å². The van der Waals surface area contributed by atoms with E-state index in [4.69, 9.17) is 4.74 Å². The lowest BCUT2D eigenvalue weighted by molar-refractivity contribution is -0.384. The lowest BCUT2D eigenvalue weighted by Crippen LogP contribution is -2.03. The van der Waals surface area contributed by atoms with Crippen LogP contribution in [0.3, 0.4) is 0 Å². The molecule has 0 N–H and O–H groups in total. The summed E-state index contributed by atoms with van der Waals surface area (Å²) in [5.74, 6) is -0.316. The standard InChI is InChI=1S/C25H21NO4/c1-18-6-10-20(11-7-18)24(21-12-8-19(2)9-13-21)4-3-5-25(27)30-23-16-14-22(15-17-23)26(28)29/h3-17H,1-2H3/b5-3+. The van der Waals surface area contributed by atoms with Gasteiger partial charge in [-0.3, -0.25) is 10.1 Å². The predicted octanol–water partition coefficient (Wildman–Crippen LogP) is 5.81. The normalized spacial score (nSPS) is 10.6. The maximum absolute atomic E-state index is 12.1. The number of benzene rings is 3. The first-order valence-electron chi connectivity index (χ1n) is 9.41. The highest BCUT2D eigenvalue weighted by Gasteiger charge is 2.07. The zero-order valence-electron chi connectivity index (χ0n) is 16.7. The van der Waals surface area contributed by atoms with E-state index in [2.05, 4.69) is 0 Å². The van der Waals surface area contributed by atoms with Gasteiger partial charge in [0.25, 0.3) is 5.69 Å². The van der Waals surface area contributed by atoms with Crippen molar-refractivity contribution < 1.29 is 14.5 Å². The summed E-state index contributed by atoms with van der Waals surface area (Å²) in [5, 5.41) is 10.7. The van der Waals surface area contributed by atoms with Gasteiger partial charge in [-0.25, -0.2) is 4.79 Å². The van der Waals surface area contributed by atoms with Crippen LogP contribution in [0.5, 0.6) is 5.75 Å². The maximum Gasteiger partial charge on any atom is 0.336 e. The summed E-state index contributed by atoms with van der Waals surface area (Å²) in [4.78, 5) is 22.3. The van der Waals surface area contributed by atoms with E-state index in [0.29, 0.717) is 0 Å². The molecule has 0 fully saturated rings. The number of hydrogen-bond donors (Lipinski definition) is 0. The summed E-state index contributed by atoms with van der Waals surface area (Å²) in [7, 11) is 0. The van der Waals surface area contributed by atoms with Gasteiger partial charge in [-0.1, -0.05) is 71.8 Å². The van der Waals surface area contributed by atoms with Crippen molar-refractivity contribution in [2.45, 2.75) is 13.8 Å². The van der Waals surface area contributed by atoms with Crippen LogP contribution in [-0.2, 0) is 4.79 Å². The molecule has 30 heavy (non-hydrogen) atoms. The van der Waals surface area contributed by atoms with Gasteiger partial charge >= 0.3 is 5.97 Å². The Bertz CT molecular complexity index is 1050. The van der Waals surface area contributed by atoms with Gasteiger partial charge in [0.05, 0.1) is 4.92 Å². The van der Waals surface area contributed by atoms with Gasteiger partial charge in [0.1, 0.15) is 5.75 Å². The third-order valence-corrected chi connectivity index (χ3v) is 4.49. The van der Waals surface area contributed by atoms with Gasteiger partial charge in [-0.15, -0.1) is 0 Å². The first-order chi connectivity index (χ1) is 14.4. The highest BCUT2D eigenvalue weighted by molar-refractivity contribution is 5.86. The lowest BCUT2D eigenvalue weighted by Gasteiger charge is -2.09. The van der Waals surface area contributed by atoms with E-state index in [-0.39, 0.29) is 11.4 Å². The van der Waals surface area contributed by atoms with E-state index in [9.17, 15) is 14.9 Å².